The molecular weight excluding hydrogens is 277 g/mol. The number of ether oxygens (including phenoxy) is 1. The molecule has 1 aromatic carbocycles. The number of aliphatic imine (C=N–C) groups is 1. The molecule has 7 heteroatoms. The Morgan fingerprint density at radius 3 is 2.78 bits per heavy atom. The van der Waals surface area contributed by atoms with Crippen LogP contribution in [0, 0.1) is 0 Å². The summed E-state index contributed by atoms with van der Waals surface area (Å²) >= 11 is 0. The van der Waals surface area contributed by atoms with Gasteiger partial charge in [0.1, 0.15) is 0 Å². The van der Waals surface area contributed by atoms with E-state index in [1.54, 1.807) is 6.34 Å². The first kappa shape index (κ1) is 14.5. The second-order valence-electron chi connectivity index (χ2n) is 3.65. The summed E-state index contributed by atoms with van der Waals surface area (Å²) < 4.78 is 5.55. The lowest BCUT2D eigenvalue weighted by molar-refractivity contribution is -0.679. The Morgan fingerprint density at radius 2 is 2.06 bits per heavy atom. The van der Waals surface area contributed by atoms with Gasteiger partial charge >= 0.3 is 0 Å². The van der Waals surface area contributed by atoms with E-state index in [1.807, 2.05) is 24.3 Å². The number of nitrogens with two attached hydrogens (primary N) is 1. The van der Waals surface area contributed by atoms with Crippen molar-refractivity contribution in [2.45, 2.75) is 0 Å². The van der Waals surface area contributed by atoms with Gasteiger partial charge in [-0.05, 0) is 6.07 Å². The Hall–Kier alpha value is -1.56. The molecule has 3 rings (SSSR count). The number of carbonyl (C=O) groups is 1. The molecule has 0 saturated heterocycles. The van der Waals surface area contributed by atoms with Gasteiger partial charge in [-0.15, -0.1) is 24.8 Å². The van der Waals surface area contributed by atoms with Gasteiger partial charge in [-0.3, -0.25) is 4.79 Å². The number of benzene rings is 1. The zero-order chi connectivity index (χ0) is 11.1. The van der Waals surface area contributed by atoms with Gasteiger partial charge in [0.2, 0.25) is 0 Å². The average molecular weight is 289 g/mol. The lowest BCUT2D eigenvalue weighted by Gasteiger charge is -2.21. The first-order chi connectivity index (χ1) is 7.77. The Morgan fingerprint density at radius 1 is 1.33 bits per heavy atom. The smallest absolute Gasteiger partial charge is 0.273 e. The maximum atomic E-state index is 11.2. The second kappa shape index (κ2) is 5.39. The summed E-state index contributed by atoms with van der Waals surface area (Å²) in [5.74, 6) is 0.308. The molecule has 3 N–H and O–H groups in total. The highest BCUT2D eigenvalue weighted by atomic mass is 35.5. The zero-order valence-corrected chi connectivity index (χ0v) is 10.9. The largest absolute Gasteiger partial charge is 0.477 e. The molecule has 0 bridgehead atoms. The summed E-state index contributed by atoms with van der Waals surface area (Å²) in [6.07, 6.45) is 1.68. The number of para-hydroxylation sites is 2. The van der Waals surface area contributed by atoms with Gasteiger partial charge < -0.3 is 10.5 Å². The van der Waals surface area contributed by atoms with Crippen LogP contribution in [-0.4, -0.2) is 18.9 Å². The minimum absolute atomic E-state index is 0. The number of quaternary nitrogens is 1. The summed E-state index contributed by atoms with van der Waals surface area (Å²) in [5, 5.41) is 0. The fourth-order valence-corrected chi connectivity index (χ4v) is 1.97. The number of nitrogens with zero attached hydrogens (tertiary/aromatic N) is 1. The SMILES string of the molecule is Cl.Cl.NC(=O)C1=C2COc3ccccc3[NH+]2C=N1. The number of nitrogens with one attached hydrogen (secondary N) is 1. The maximum absolute atomic E-state index is 11.2. The third-order valence-corrected chi connectivity index (χ3v) is 2.72. The molecule has 2 aliphatic rings. The number of rotatable bonds is 1. The van der Waals surface area contributed by atoms with Gasteiger partial charge in [-0.25, -0.2) is 4.90 Å². The van der Waals surface area contributed by atoms with Gasteiger partial charge in [0.25, 0.3) is 5.91 Å². The minimum Gasteiger partial charge on any atom is -0.477 e. The van der Waals surface area contributed by atoms with Crippen LogP contribution in [0.3, 0.4) is 0 Å². The van der Waals surface area contributed by atoms with Crippen molar-refractivity contribution in [1.29, 1.82) is 0 Å². The number of halogens is 2. The molecule has 0 radical (unpaired) electrons. The van der Waals surface area contributed by atoms with E-state index in [1.165, 1.54) is 0 Å². The van der Waals surface area contributed by atoms with Crippen LogP contribution in [0.5, 0.6) is 5.75 Å². The Labute approximate surface area is 116 Å². The Kier molecular flexibility index (Phi) is 4.34. The molecule has 1 amide bonds. The second-order valence-corrected chi connectivity index (χ2v) is 3.65. The number of hydrogen-bond acceptors (Lipinski definition) is 3. The highest BCUT2D eigenvalue weighted by Crippen LogP contribution is 2.25. The van der Waals surface area contributed by atoms with Gasteiger partial charge in [-0.1, -0.05) is 12.1 Å². The van der Waals surface area contributed by atoms with Crippen molar-refractivity contribution < 1.29 is 14.4 Å². The van der Waals surface area contributed by atoms with E-state index in [2.05, 4.69) is 4.99 Å². The molecule has 1 aromatic rings. The quantitative estimate of drug-likeness (QED) is 0.774. The summed E-state index contributed by atoms with van der Waals surface area (Å²) in [7, 11) is 0. The highest BCUT2D eigenvalue weighted by Gasteiger charge is 2.35. The number of fused-ring (bicyclic) bond motifs is 3. The van der Waals surface area contributed by atoms with E-state index < -0.39 is 5.91 Å². The van der Waals surface area contributed by atoms with Crippen molar-refractivity contribution in [1.82, 2.24) is 0 Å². The topological polar surface area (TPSA) is 69.1 Å². The number of amides is 1. The third kappa shape index (κ3) is 2.08. The molecule has 96 valence electrons. The summed E-state index contributed by atoms with van der Waals surface area (Å²) in [4.78, 5) is 16.1. The van der Waals surface area contributed by atoms with Crippen LogP contribution < -0.4 is 15.4 Å². The zero-order valence-electron chi connectivity index (χ0n) is 9.25. The van der Waals surface area contributed by atoms with Crippen LogP contribution in [0.1, 0.15) is 0 Å². The number of carbonyl (C=O) groups excluding carboxylic acids is 1. The van der Waals surface area contributed by atoms with E-state index in [-0.39, 0.29) is 24.8 Å². The molecule has 1 atom stereocenters. The average Bonchev–Trinajstić information content (AvgIpc) is 2.73. The lowest BCUT2D eigenvalue weighted by Crippen LogP contribution is -3.04. The van der Waals surface area contributed by atoms with Crippen LogP contribution in [-0.2, 0) is 4.79 Å². The monoisotopic (exact) mass is 288 g/mol. The highest BCUT2D eigenvalue weighted by molar-refractivity contribution is 5.94. The van der Waals surface area contributed by atoms with Crippen molar-refractivity contribution in [2.24, 2.45) is 10.7 Å². The van der Waals surface area contributed by atoms with Crippen LogP contribution in [0.25, 0.3) is 0 Å². The molecule has 0 fully saturated rings. The van der Waals surface area contributed by atoms with Gasteiger partial charge in [0.05, 0.1) is 0 Å². The third-order valence-electron chi connectivity index (χ3n) is 2.72. The van der Waals surface area contributed by atoms with Crippen LogP contribution in [0.4, 0.5) is 5.69 Å². The Balaban J connectivity index is 0.000000810. The van der Waals surface area contributed by atoms with Gasteiger partial charge in [0, 0.05) is 6.07 Å². The van der Waals surface area contributed by atoms with E-state index in [0.29, 0.717) is 12.3 Å². The van der Waals surface area contributed by atoms with E-state index in [0.717, 1.165) is 22.0 Å². The summed E-state index contributed by atoms with van der Waals surface area (Å²) in [6.45, 7) is 0.352. The Bertz CT molecular complexity index is 543. The fraction of sp³-hybridized carbons (Fsp3) is 0.0909. The molecule has 2 heterocycles. The molecule has 1 unspecified atom stereocenters. The number of primary amides is 1. The first-order valence-corrected chi connectivity index (χ1v) is 4.94. The molecule has 18 heavy (non-hydrogen) atoms. The molecule has 0 saturated carbocycles. The normalized spacial score (nSPS) is 19.0. The van der Waals surface area contributed by atoms with Crippen molar-refractivity contribution in [3.63, 3.8) is 0 Å². The van der Waals surface area contributed by atoms with Crippen molar-refractivity contribution in [3.8, 4) is 5.75 Å². The standard InChI is InChI=1S/C11H9N3O2.2ClH/c12-11(15)10-8-5-16-9-4-2-1-3-7(9)14(8)6-13-10;;/h1-4,6H,5H2,(H2,12,15);2*1H/p+1. The number of hydrogen-bond donors (Lipinski definition) is 2. The molecule has 0 spiro atoms. The fourth-order valence-electron chi connectivity index (χ4n) is 1.97. The summed E-state index contributed by atoms with van der Waals surface area (Å²) in [5.41, 5.74) is 7.30. The summed E-state index contributed by atoms with van der Waals surface area (Å²) in [6, 6.07) is 7.68. The first-order valence-electron chi connectivity index (χ1n) is 4.94. The molecule has 0 aromatic heterocycles. The van der Waals surface area contributed by atoms with Crippen LogP contribution in [0.2, 0.25) is 0 Å². The molecule has 5 nitrogen and oxygen atoms in total. The van der Waals surface area contributed by atoms with Crippen molar-refractivity contribution in [2.75, 3.05) is 6.61 Å². The van der Waals surface area contributed by atoms with E-state index in [4.69, 9.17) is 10.5 Å². The van der Waals surface area contributed by atoms with E-state index in [9.17, 15) is 4.79 Å². The van der Waals surface area contributed by atoms with Gasteiger partial charge in [0.15, 0.2) is 35.8 Å². The predicted octanol–water partition coefficient (Wildman–Crippen LogP) is 0.178. The predicted molar refractivity (Wildman–Crippen MR) is 71.8 cm³/mol. The van der Waals surface area contributed by atoms with Gasteiger partial charge in [-0.2, -0.15) is 4.99 Å². The van der Waals surface area contributed by atoms with Crippen LogP contribution >= 0.6 is 24.8 Å². The minimum atomic E-state index is -0.510. The van der Waals surface area contributed by atoms with Crippen molar-refractivity contribution >= 4 is 42.7 Å². The van der Waals surface area contributed by atoms with E-state index >= 15 is 0 Å². The lowest BCUT2D eigenvalue weighted by atomic mass is 10.2. The molecule has 2 aliphatic heterocycles. The maximum Gasteiger partial charge on any atom is 0.273 e. The van der Waals surface area contributed by atoms with Crippen LogP contribution in [0.15, 0.2) is 40.7 Å². The molecule has 0 aliphatic carbocycles. The molecular formula is C11H12Cl2N3O2+. The van der Waals surface area contributed by atoms with Crippen molar-refractivity contribution in [3.05, 3.63) is 35.7 Å².